The predicted molar refractivity (Wildman–Crippen MR) is 85.0 cm³/mol. The van der Waals surface area contributed by atoms with Crippen LogP contribution < -0.4 is 10.1 Å². The summed E-state index contributed by atoms with van der Waals surface area (Å²) in [6.07, 6.45) is 3.31. The number of hydrogen-bond donors (Lipinski definition) is 1. The normalized spacial score (nSPS) is 10.7. The van der Waals surface area contributed by atoms with Crippen LogP contribution in [0.1, 0.15) is 5.69 Å². The molecule has 0 saturated heterocycles. The molecule has 3 rings (SSSR count). The maximum absolute atomic E-state index is 11.8. The highest BCUT2D eigenvalue weighted by atomic mass is 16.5. The van der Waals surface area contributed by atoms with Crippen molar-refractivity contribution in [2.24, 2.45) is 0 Å². The summed E-state index contributed by atoms with van der Waals surface area (Å²) in [5.74, 6) is 0.213. The van der Waals surface area contributed by atoms with Gasteiger partial charge in [-0.3, -0.25) is 9.48 Å². The Hall–Kier alpha value is -2.96. The topological polar surface area (TPSA) is 81.9 Å². The zero-order chi connectivity index (χ0) is 16.1. The zero-order valence-corrected chi connectivity index (χ0v) is 12.8. The molecule has 1 amide bonds. The van der Waals surface area contributed by atoms with E-state index >= 15 is 0 Å². The summed E-state index contributed by atoms with van der Waals surface area (Å²) in [7, 11) is 0. The van der Waals surface area contributed by atoms with Gasteiger partial charge in [-0.15, -0.1) is 0 Å². The van der Waals surface area contributed by atoms with Crippen LogP contribution in [0.5, 0.6) is 5.88 Å². The first-order valence-electron chi connectivity index (χ1n) is 7.32. The summed E-state index contributed by atoms with van der Waals surface area (Å²) >= 11 is 0. The fourth-order valence-corrected chi connectivity index (χ4v) is 2.18. The second-order valence-electron chi connectivity index (χ2n) is 5.05. The SMILES string of the molecule is Cc1ccn(CCNC(=O)COc2ncnc3ccccc23)n1. The second-order valence-corrected chi connectivity index (χ2v) is 5.05. The minimum Gasteiger partial charge on any atom is -0.467 e. The van der Waals surface area contributed by atoms with E-state index < -0.39 is 0 Å². The number of aromatic nitrogens is 4. The van der Waals surface area contributed by atoms with Gasteiger partial charge in [0.1, 0.15) is 6.33 Å². The van der Waals surface area contributed by atoms with Crippen molar-refractivity contribution in [1.82, 2.24) is 25.1 Å². The number of ether oxygens (including phenoxy) is 1. The lowest BCUT2D eigenvalue weighted by atomic mass is 10.2. The second kappa shape index (κ2) is 6.87. The molecule has 2 aromatic heterocycles. The first-order chi connectivity index (χ1) is 11.2. The number of para-hydroxylation sites is 1. The van der Waals surface area contributed by atoms with E-state index in [2.05, 4.69) is 20.4 Å². The molecule has 1 N–H and O–H groups in total. The molecule has 7 heteroatoms. The third kappa shape index (κ3) is 3.82. The van der Waals surface area contributed by atoms with Crippen LogP contribution in [0.4, 0.5) is 0 Å². The van der Waals surface area contributed by atoms with E-state index in [1.54, 1.807) is 4.68 Å². The molecule has 0 aliphatic rings. The van der Waals surface area contributed by atoms with E-state index in [1.165, 1.54) is 6.33 Å². The maximum atomic E-state index is 11.8. The number of benzene rings is 1. The number of carbonyl (C=O) groups excluding carboxylic acids is 1. The molecule has 2 heterocycles. The van der Waals surface area contributed by atoms with Crippen molar-refractivity contribution in [3.63, 3.8) is 0 Å². The minimum atomic E-state index is -0.198. The molecule has 1 aromatic carbocycles. The smallest absolute Gasteiger partial charge is 0.258 e. The summed E-state index contributed by atoms with van der Waals surface area (Å²) in [6, 6.07) is 9.43. The van der Waals surface area contributed by atoms with Gasteiger partial charge in [-0.05, 0) is 25.1 Å². The highest BCUT2D eigenvalue weighted by Gasteiger charge is 2.07. The van der Waals surface area contributed by atoms with Gasteiger partial charge < -0.3 is 10.1 Å². The Balaban J connectivity index is 1.50. The lowest BCUT2D eigenvalue weighted by Crippen LogP contribution is -2.31. The van der Waals surface area contributed by atoms with E-state index in [0.717, 1.165) is 16.6 Å². The van der Waals surface area contributed by atoms with E-state index in [-0.39, 0.29) is 12.5 Å². The molecular weight excluding hydrogens is 294 g/mol. The molecule has 0 spiro atoms. The Labute approximate surface area is 133 Å². The third-order valence-electron chi connectivity index (χ3n) is 3.28. The maximum Gasteiger partial charge on any atom is 0.258 e. The van der Waals surface area contributed by atoms with Crippen molar-refractivity contribution in [3.05, 3.63) is 48.5 Å². The molecule has 0 radical (unpaired) electrons. The summed E-state index contributed by atoms with van der Waals surface area (Å²) in [5, 5.41) is 7.83. The third-order valence-corrected chi connectivity index (χ3v) is 3.28. The summed E-state index contributed by atoms with van der Waals surface area (Å²) in [5.41, 5.74) is 1.74. The van der Waals surface area contributed by atoms with E-state index in [1.807, 2.05) is 43.5 Å². The number of rotatable bonds is 6. The molecule has 0 saturated carbocycles. The highest BCUT2D eigenvalue weighted by Crippen LogP contribution is 2.20. The van der Waals surface area contributed by atoms with Gasteiger partial charge in [0.25, 0.3) is 5.91 Å². The Kier molecular flexibility index (Phi) is 4.46. The molecule has 3 aromatic rings. The summed E-state index contributed by atoms with van der Waals surface area (Å²) in [6.45, 7) is 2.96. The fraction of sp³-hybridized carbons (Fsp3) is 0.250. The molecule has 0 fully saturated rings. The lowest BCUT2D eigenvalue weighted by molar-refractivity contribution is -0.123. The number of hydrogen-bond acceptors (Lipinski definition) is 5. The molecule has 0 unspecified atom stereocenters. The van der Waals surface area contributed by atoms with Crippen LogP contribution in [0, 0.1) is 6.92 Å². The van der Waals surface area contributed by atoms with E-state index in [9.17, 15) is 4.79 Å². The largest absolute Gasteiger partial charge is 0.467 e. The fourth-order valence-electron chi connectivity index (χ4n) is 2.18. The number of nitrogens with one attached hydrogen (secondary N) is 1. The monoisotopic (exact) mass is 311 g/mol. The van der Waals surface area contributed by atoms with Crippen molar-refractivity contribution in [2.45, 2.75) is 13.5 Å². The molecule has 0 aliphatic carbocycles. The van der Waals surface area contributed by atoms with Crippen LogP contribution in [-0.2, 0) is 11.3 Å². The van der Waals surface area contributed by atoms with Gasteiger partial charge >= 0.3 is 0 Å². The van der Waals surface area contributed by atoms with Crippen LogP contribution in [0.25, 0.3) is 10.9 Å². The Morgan fingerprint density at radius 1 is 1.26 bits per heavy atom. The average Bonchev–Trinajstić information content (AvgIpc) is 2.98. The molecule has 0 bridgehead atoms. The van der Waals surface area contributed by atoms with Crippen molar-refractivity contribution in [2.75, 3.05) is 13.2 Å². The molecule has 0 atom stereocenters. The van der Waals surface area contributed by atoms with Crippen LogP contribution in [0.2, 0.25) is 0 Å². The quantitative estimate of drug-likeness (QED) is 0.742. The first kappa shape index (κ1) is 15.0. The lowest BCUT2D eigenvalue weighted by Gasteiger charge is -2.08. The van der Waals surface area contributed by atoms with E-state index in [0.29, 0.717) is 19.0 Å². The Bertz CT molecular complexity index is 810. The van der Waals surface area contributed by atoms with Gasteiger partial charge in [0.2, 0.25) is 5.88 Å². The minimum absolute atomic E-state index is 0.0842. The Morgan fingerprint density at radius 3 is 2.96 bits per heavy atom. The van der Waals surface area contributed by atoms with Crippen LogP contribution in [-0.4, -0.2) is 38.8 Å². The van der Waals surface area contributed by atoms with Crippen LogP contribution in [0.3, 0.4) is 0 Å². The number of carbonyl (C=O) groups is 1. The standard InChI is InChI=1S/C16H17N5O2/c1-12-6-8-21(20-12)9-7-17-15(22)10-23-16-13-4-2-3-5-14(13)18-11-19-16/h2-6,8,11H,7,9-10H2,1H3,(H,17,22). The average molecular weight is 311 g/mol. The molecule has 7 nitrogen and oxygen atoms in total. The highest BCUT2D eigenvalue weighted by molar-refractivity contribution is 5.83. The predicted octanol–water partition coefficient (Wildman–Crippen LogP) is 1.33. The first-order valence-corrected chi connectivity index (χ1v) is 7.32. The van der Waals surface area contributed by atoms with Gasteiger partial charge in [-0.25, -0.2) is 9.97 Å². The van der Waals surface area contributed by atoms with Gasteiger partial charge in [-0.1, -0.05) is 12.1 Å². The van der Waals surface area contributed by atoms with Crippen molar-refractivity contribution in [3.8, 4) is 5.88 Å². The molecule has 0 aliphatic heterocycles. The zero-order valence-electron chi connectivity index (χ0n) is 12.8. The van der Waals surface area contributed by atoms with Gasteiger partial charge in [0, 0.05) is 12.7 Å². The number of fused-ring (bicyclic) bond motifs is 1. The summed E-state index contributed by atoms with van der Waals surface area (Å²) in [4.78, 5) is 20.1. The molecule has 118 valence electrons. The van der Waals surface area contributed by atoms with Gasteiger partial charge in [0.15, 0.2) is 6.61 Å². The van der Waals surface area contributed by atoms with E-state index in [4.69, 9.17) is 4.74 Å². The van der Waals surface area contributed by atoms with Gasteiger partial charge in [0.05, 0.1) is 23.1 Å². The van der Waals surface area contributed by atoms with Crippen LogP contribution in [0.15, 0.2) is 42.9 Å². The van der Waals surface area contributed by atoms with Crippen molar-refractivity contribution >= 4 is 16.8 Å². The van der Waals surface area contributed by atoms with Crippen LogP contribution >= 0.6 is 0 Å². The molecular formula is C16H17N5O2. The van der Waals surface area contributed by atoms with Gasteiger partial charge in [-0.2, -0.15) is 5.10 Å². The van der Waals surface area contributed by atoms with Crippen molar-refractivity contribution in [1.29, 1.82) is 0 Å². The summed E-state index contributed by atoms with van der Waals surface area (Å²) < 4.78 is 7.29. The number of aryl methyl sites for hydroxylation is 1. The Morgan fingerprint density at radius 2 is 2.13 bits per heavy atom. The molecule has 23 heavy (non-hydrogen) atoms. The number of nitrogens with zero attached hydrogens (tertiary/aromatic N) is 4. The van der Waals surface area contributed by atoms with Crippen molar-refractivity contribution < 1.29 is 9.53 Å². The number of amides is 1.